The molecule has 0 radical (unpaired) electrons. The minimum Gasteiger partial charge on any atom is -0.350 e. The van der Waals surface area contributed by atoms with Crippen molar-refractivity contribution in [3.63, 3.8) is 0 Å². The molecule has 0 spiro atoms. The van der Waals surface area contributed by atoms with E-state index in [4.69, 9.17) is 10.7 Å². The number of hydrogen-bond donors (Lipinski definition) is 1. The van der Waals surface area contributed by atoms with Crippen LogP contribution in [0.5, 0.6) is 0 Å². The molecule has 0 saturated heterocycles. The zero-order valence-corrected chi connectivity index (χ0v) is 14.1. The molecule has 0 aromatic heterocycles. The molecule has 1 aromatic carbocycles. The summed E-state index contributed by atoms with van der Waals surface area (Å²) >= 11 is 0. The lowest BCUT2D eigenvalue weighted by Gasteiger charge is -2.22. The van der Waals surface area contributed by atoms with Gasteiger partial charge in [-0.2, -0.15) is 0 Å². The third-order valence-electron chi connectivity index (χ3n) is 3.06. The van der Waals surface area contributed by atoms with Gasteiger partial charge in [0.15, 0.2) is 9.84 Å². The molecule has 0 fully saturated rings. The first-order chi connectivity index (χ1) is 9.34. The van der Waals surface area contributed by atoms with Gasteiger partial charge in [0.2, 0.25) is 0 Å². The summed E-state index contributed by atoms with van der Waals surface area (Å²) in [5.74, 6) is -0.575. The third kappa shape index (κ3) is 4.69. The summed E-state index contributed by atoms with van der Waals surface area (Å²) in [6.45, 7) is 2.88. The Hall–Kier alpha value is -1.12. The van der Waals surface area contributed by atoms with Crippen molar-refractivity contribution >= 4 is 35.5 Å². The van der Waals surface area contributed by atoms with Crippen molar-refractivity contribution in [1.29, 1.82) is 0 Å². The molecular formula is C12H16ClNO5S2. The Morgan fingerprint density at radius 3 is 2.29 bits per heavy atom. The van der Waals surface area contributed by atoms with Gasteiger partial charge in [-0.25, -0.2) is 16.8 Å². The second-order valence-corrected chi connectivity index (χ2v) is 10.4. The van der Waals surface area contributed by atoms with Gasteiger partial charge in [0.05, 0.1) is 9.64 Å². The van der Waals surface area contributed by atoms with Crippen LogP contribution < -0.4 is 5.32 Å². The van der Waals surface area contributed by atoms with E-state index in [1.165, 1.54) is 32.0 Å². The molecule has 0 unspecified atom stereocenters. The molecule has 6 nitrogen and oxygen atoms in total. The maximum Gasteiger partial charge on any atom is 0.261 e. The van der Waals surface area contributed by atoms with Gasteiger partial charge in [0.25, 0.3) is 15.0 Å². The summed E-state index contributed by atoms with van der Waals surface area (Å²) in [5, 5.41) is 2.47. The summed E-state index contributed by atoms with van der Waals surface area (Å²) in [6, 6.07) is 5.19. The molecular weight excluding hydrogens is 338 g/mol. The fraction of sp³-hybridized carbons (Fsp3) is 0.417. The average Bonchev–Trinajstić information content (AvgIpc) is 2.34. The Labute approximate surface area is 128 Å². The summed E-state index contributed by atoms with van der Waals surface area (Å²) in [7, 11) is -2.07. The maximum atomic E-state index is 12.0. The fourth-order valence-electron chi connectivity index (χ4n) is 1.32. The number of carbonyl (C=O) groups is 1. The zero-order chi connectivity index (χ0) is 16.5. The van der Waals surface area contributed by atoms with Crippen LogP contribution in [0.1, 0.15) is 24.2 Å². The van der Waals surface area contributed by atoms with Gasteiger partial charge >= 0.3 is 0 Å². The Kier molecular flexibility index (Phi) is 5.07. The Bertz CT molecular complexity index is 754. The molecule has 0 heterocycles. The number of sulfone groups is 1. The molecule has 0 saturated carbocycles. The quantitative estimate of drug-likeness (QED) is 0.801. The number of benzene rings is 1. The molecule has 0 bridgehead atoms. The largest absolute Gasteiger partial charge is 0.350 e. The minimum absolute atomic E-state index is 0.0843. The predicted molar refractivity (Wildman–Crippen MR) is 80.7 cm³/mol. The van der Waals surface area contributed by atoms with Gasteiger partial charge in [-0.05, 0) is 32.0 Å². The van der Waals surface area contributed by atoms with Gasteiger partial charge in [0, 0.05) is 29.0 Å². The summed E-state index contributed by atoms with van der Waals surface area (Å²) in [5.41, 5.74) is 0.0843. The smallest absolute Gasteiger partial charge is 0.261 e. The second kappa shape index (κ2) is 5.94. The molecule has 118 valence electrons. The third-order valence-corrected chi connectivity index (χ3v) is 6.56. The van der Waals surface area contributed by atoms with E-state index in [1.807, 2.05) is 0 Å². The molecule has 0 atom stereocenters. The molecule has 1 N–H and O–H groups in total. The number of carbonyl (C=O) groups excluding carboxylic acids is 1. The molecule has 9 heteroatoms. The Balaban J connectivity index is 2.92. The normalized spacial score (nSPS) is 13.0. The van der Waals surface area contributed by atoms with E-state index in [2.05, 4.69) is 5.32 Å². The lowest BCUT2D eigenvalue weighted by molar-refractivity contribution is 0.0950. The highest BCUT2D eigenvalue weighted by Gasteiger charge is 2.30. The zero-order valence-electron chi connectivity index (χ0n) is 11.8. The van der Waals surface area contributed by atoms with Crippen LogP contribution in [0, 0.1) is 0 Å². The number of nitrogens with one attached hydrogen (secondary N) is 1. The molecule has 0 aliphatic carbocycles. The second-order valence-electron chi connectivity index (χ2n) is 5.18. The van der Waals surface area contributed by atoms with Gasteiger partial charge in [-0.15, -0.1) is 0 Å². The van der Waals surface area contributed by atoms with Crippen molar-refractivity contribution < 1.29 is 21.6 Å². The number of amides is 1. The topological polar surface area (TPSA) is 97.4 Å². The van der Waals surface area contributed by atoms with Gasteiger partial charge in [0.1, 0.15) is 0 Å². The van der Waals surface area contributed by atoms with Crippen molar-refractivity contribution in [3.8, 4) is 0 Å². The minimum atomic E-state index is -3.93. The highest BCUT2D eigenvalue weighted by Crippen LogP contribution is 2.17. The number of hydrogen-bond acceptors (Lipinski definition) is 5. The molecule has 21 heavy (non-hydrogen) atoms. The SMILES string of the molecule is CC(C)(CNC(=O)c1cccc(S(=O)(=O)Cl)c1)S(C)(=O)=O. The lowest BCUT2D eigenvalue weighted by Crippen LogP contribution is -2.43. The number of halogens is 1. The van der Waals surface area contributed by atoms with Crippen LogP contribution in [0.25, 0.3) is 0 Å². The van der Waals surface area contributed by atoms with Crippen LogP contribution >= 0.6 is 10.7 Å². The average molecular weight is 354 g/mol. The van der Waals surface area contributed by atoms with Crippen molar-refractivity contribution in [2.24, 2.45) is 0 Å². The molecule has 0 aliphatic heterocycles. The monoisotopic (exact) mass is 353 g/mol. The molecule has 1 aromatic rings. The molecule has 1 rings (SSSR count). The van der Waals surface area contributed by atoms with Gasteiger partial charge in [-0.1, -0.05) is 6.07 Å². The van der Waals surface area contributed by atoms with E-state index in [0.717, 1.165) is 12.3 Å². The standard InChI is InChI=1S/C12H16ClNO5S2/c1-12(2,20(3,16)17)8-14-11(15)9-5-4-6-10(7-9)21(13,18)19/h4-7H,8H2,1-3H3,(H,14,15). The first kappa shape index (κ1) is 17.9. The highest BCUT2D eigenvalue weighted by atomic mass is 35.7. The molecule has 1 amide bonds. The maximum absolute atomic E-state index is 12.0. The van der Waals surface area contributed by atoms with Crippen LogP contribution in [0.4, 0.5) is 0 Å². The first-order valence-electron chi connectivity index (χ1n) is 5.87. The van der Waals surface area contributed by atoms with Crippen molar-refractivity contribution in [3.05, 3.63) is 29.8 Å². The predicted octanol–water partition coefficient (Wildman–Crippen LogP) is 1.17. The van der Waals surface area contributed by atoms with Gasteiger partial charge in [-0.3, -0.25) is 4.79 Å². The van der Waals surface area contributed by atoms with E-state index in [-0.39, 0.29) is 17.0 Å². The van der Waals surface area contributed by atoms with Crippen molar-refractivity contribution in [1.82, 2.24) is 5.32 Å². The van der Waals surface area contributed by atoms with Gasteiger partial charge < -0.3 is 5.32 Å². The first-order valence-corrected chi connectivity index (χ1v) is 10.1. The van der Waals surface area contributed by atoms with Crippen LogP contribution in [0.15, 0.2) is 29.2 Å². The summed E-state index contributed by atoms with van der Waals surface area (Å²) < 4.78 is 44.4. The van der Waals surface area contributed by atoms with Crippen LogP contribution in [0.3, 0.4) is 0 Å². The van der Waals surface area contributed by atoms with Crippen LogP contribution in [-0.4, -0.2) is 40.3 Å². The van der Waals surface area contributed by atoms with E-state index in [0.29, 0.717) is 0 Å². The van der Waals surface area contributed by atoms with Crippen molar-refractivity contribution in [2.45, 2.75) is 23.5 Å². The Morgan fingerprint density at radius 2 is 1.81 bits per heavy atom. The Morgan fingerprint density at radius 1 is 1.24 bits per heavy atom. The van der Waals surface area contributed by atoms with E-state index in [9.17, 15) is 21.6 Å². The van der Waals surface area contributed by atoms with E-state index in [1.54, 1.807) is 0 Å². The lowest BCUT2D eigenvalue weighted by atomic mass is 10.2. The van der Waals surface area contributed by atoms with Crippen molar-refractivity contribution in [2.75, 3.05) is 12.8 Å². The number of rotatable bonds is 5. The highest BCUT2D eigenvalue weighted by molar-refractivity contribution is 8.13. The summed E-state index contributed by atoms with van der Waals surface area (Å²) in [4.78, 5) is 11.8. The van der Waals surface area contributed by atoms with E-state index < -0.39 is 29.5 Å². The summed E-state index contributed by atoms with van der Waals surface area (Å²) in [6.07, 6.45) is 1.08. The molecule has 0 aliphatic rings. The van der Waals surface area contributed by atoms with E-state index >= 15 is 0 Å². The van der Waals surface area contributed by atoms with Crippen LogP contribution in [-0.2, 0) is 18.9 Å². The van der Waals surface area contributed by atoms with Crippen LogP contribution in [0.2, 0.25) is 0 Å². The fourth-order valence-corrected chi connectivity index (χ4v) is 2.45.